The van der Waals surface area contributed by atoms with Crippen LogP contribution in [0, 0.1) is 0 Å². The second-order valence-corrected chi connectivity index (χ2v) is 5.23. The summed E-state index contributed by atoms with van der Waals surface area (Å²) in [4.78, 5) is 4.65. The number of nitrogens with zero attached hydrogens (tertiary/aromatic N) is 2. The molecule has 3 nitrogen and oxygen atoms in total. The van der Waals surface area contributed by atoms with Gasteiger partial charge in [-0.15, -0.1) is 0 Å². The molecule has 0 aliphatic carbocycles. The first kappa shape index (κ1) is 11.6. The highest BCUT2D eigenvalue weighted by Gasteiger charge is 2.17. The van der Waals surface area contributed by atoms with Gasteiger partial charge >= 0.3 is 0 Å². The van der Waals surface area contributed by atoms with Crippen molar-refractivity contribution in [3.8, 4) is 0 Å². The van der Waals surface area contributed by atoms with Crippen LogP contribution in [0.1, 0.15) is 25.6 Å². The van der Waals surface area contributed by atoms with Gasteiger partial charge in [0.05, 0.1) is 11.0 Å². The van der Waals surface area contributed by atoms with Gasteiger partial charge in [0.15, 0.2) is 0 Å². The van der Waals surface area contributed by atoms with E-state index < -0.39 is 0 Å². The van der Waals surface area contributed by atoms with Crippen LogP contribution in [0.4, 0.5) is 0 Å². The summed E-state index contributed by atoms with van der Waals surface area (Å²) in [5.41, 5.74) is 8.08. The lowest BCUT2D eigenvalue weighted by molar-refractivity contribution is 0.565. The van der Waals surface area contributed by atoms with E-state index in [2.05, 4.69) is 38.5 Å². The largest absolute Gasteiger partial charge is 0.331 e. The van der Waals surface area contributed by atoms with Crippen LogP contribution in [0.3, 0.4) is 0 Å². The zero-order chi connectivity index (χ0) is 11.9. The van der Waals surface area contributed by atoms with Crippen molar-refractivity contribution in [1.82, 2.24) is 9.55 Å². The Hall–Kier alpha value is -0.870. The van der Waals surface area contributed by atoms with Crippen LogP contribution in [-0.4, -0.2) is 15.6 Å². The molecule has 0 spiro atoms. The van der Waals surface area contributed by atoms with Gasteiger partial charge in [0.1, 0.15) is 5.82 Å². The molecule has 2 N–H and O–H groups in total. The quantitative estimate of drug-likeness (QED) is 0.920. The van der Waals surface area contributed by atoms with E-state index in [1.807, 2.05) is 26.1 Å². The predicted molar refractivity (Wildman–Crippen MR) is 70.5 cm³/mol. The van der Waals surface area contributed by atoms with Crippen molar-refractivity contribution < 1.29 is 0 Å². The monoisotopic (exact) mass is 281 g/mol. The molecule has 1 heterocycles. The van der Waals surface area contributed by atoms with E-state index in [1.54, 1.807) is 0 Å². The van der Waals surface area contributed by atoms with Crippen LogP contribution in [0.5, 0.6) is 0 Å². The molecule has 0 bridgehead atoms. The van der Waals surface area contributed by atoms with E-state index in [4.69, 9.17) is 5.73 Å². The van der Waals surface area contributed by atoms with Crippen molar-refractivity contribution in [1.29, 1.82) is 0 Å². The fourth-order valence-electron chi connectivity index (χ4n) is 1.83. The van der Waals surface area contributed by atoms with Crippen molar-refractivity contribution in [2.75, 3.05) is 0 Å². The van der Waals surface area contributed by atoms with Gasteiger partial charge in [-0.3, -0.25) is 0 Å². The van der Waals surface area contributed by atoms with Crippen LogP contribution < -0.4 is 5.73 Å². The molecule has 2 rings (SSSR count). The Balaban J connectivity index is 2.60. The van der Waals surface area contributed by atoms with Gasteiger partial charge in [-0.25, -0.2) is 4.98 Å². The van der Waals surface area contributed by atoms with Gasteiger partial charge in [-0.2, -0.15) is 0 Å². The molecule has 0 saturated heterocycles. The summed E-state index contributed by atoms with van der Waals surface area (Å²) >= 11 is 3.46. The molecule has 0 radical (unpaired) electrons. The number of imidazole rings is 1. The number of benzene rings is 1. The summed E-state index contributed by atoms with van der Waals surface area (Å²) in [6, 6.07) is 6.25. The minimum absolute atomic E-state index is 0.110. The molecule has 2 aromatic rings. The number of aryl methyl sites for hydroxylation is 1. The third-order valence-corrected chi connectivity index (χ3v) is 3.57. The molecule has 0 fully saturated rings. The van der Waals surface area contributed by atoms with E-state index in [0.29, 0.717) is 0 Å². The highest BCUT2D eigenvalue weighted by Crippen LogP contribution is 2.24. The smallest absolute Gasteiger partial charge is 0.113 e. The minimum atomic E-state index is 0.110. The molecule has 2 atom stereocenters. The van der Waals surface area contributed by atoms with Crippen molar-refractivity contribution in [2.24, 2.45) is 12.8 Å². The van der Waals surface area contributed by atoms with Gasteiger partial charge in [-0.1, -0.05) is 22.9 Å². The van der Waals surface area contributed by atoms with Gasteiger partial charge in [-0.05, 0) is 25.1 Å². The molecule has 0 amide bonds. The molecule has 0 aliphatic heterocycles. The molecule has 16 heavy (non-hydrogen) atoms. The Morgan fingerprint density at radius 1 is 1.38 bits per heavy atom. The fourth-order valence-corrected chi connectivity index (χ4v) is 2.18. The lowest BCUT2D eigenvalue weighted by atomic mass is 10.0. The van der Waals surface area contributed by atoms with Crippen LogP contribution in [-0.2, 0) is 7.05 Å². The summed E-state index contributed by atoms with van der Waals surface area (Å²) in [5, 5.41) is 0. The highest BCUT2D eigenvalue weighted by molar-refractivity contribution is 9.10. The number of aromatic nitrogens is 2. The van der Waals surface area contributed by atoms with Gasteiger partial charge < -0.3 is 10.3 Å². The lowest BCUT2D eigenvalue weighted by Gasteiger charge is -2.14. The second kappa shape index (κ2) is 4.18. The van der Waals surface area contributed by atoms with Gasteiger partial charge in [0.25, 0.3) is 0 Å². The van der Waals surface area contributed by atoms with Crippen LogP contribution >= 0.6 is 15.9 Å². The summed E-state index contributed by atoms with van der Waals surface area (Å²) in [5.74, 6) is 1.30. The molecule has 0 saturated carbocycles. The summed E-state index contributed by atoms with van der Waals surface area (Å²) < 4.78 is 3.17. The first-order valence-corrected chi connectivity index (χ1v) is 6.17. The maximum atomic E-state index is 5.93. The zero-order valence-corrected chi connectivity index (χ0v) is 11.3. The number of hydrogen-bond acceptors (Lipinski definition) is 2. The minimum Gasteiger partial charge on any atom is -0.331 e. The number of hydrogen-bond donors (Lipinski definition) is 1. The van der Waals surface area contributed by atoms with E-state index in [9.17, 15) is 0 Å². The summed E-state index contributed by atoms with van der Waals surface area (Å²) in [6.45, 7) is 4.13. The topological polar surface area (TPSA) is 43.8 Å². The Labute approximate surface area is 104 Å². The van der Waals surface area contributed by atoms with Crippen molar-refractivity contribution in [2.45, 2.75) is 25.8 Å². The molecule has 1 aromatic carbocycles. The van der Waals surface area contributed by atoms with E-state index >= 15 is 0 Å². The Morgan fingerprint density at radius 3 is 2.69 bits per heavy atom. The molecular formula is C12H16BrN3. The Morgan fingerprint density at radius 2 is 2.06 bits per heavy atom. The Bertz CT molecular complexity index is 516. The molecule has 1 aromatic heterocycles. The first-order valence-electron chi connectivity index (χ1n) is 5.38. The average molecular weight is 282 g/mol. The van der Waals surface area contributed by atoms with Gasteiger partial charge in [0, 0.05) is 23.5 Å². The Kier molecular flexibility index (Phi) is 3.04. The number of rotatable bonds is 2. The van der Waals surface area contributed by atoms with Gasteiger partial charge in [0.2, 0.25) is 0 Å². The molecule has 2 unspecified atom stereocenters. The SMILES string of the molecule is CC(N)C(C)c1nc2cc(Br)ccc2n1C. The second-order valence-electron chi connectivity index (χ2n) is 4.31. The third-order valence-electron chi connectivity index (χ3n) is 3.07. The molecule has 0 aliphatic rings. The lowest BCUT2D eigenvalue weighted by Crippen LogP contribution is -2.24. The standard InChI is InChI=1S/C12H16BrN3/c1-7(8(2)14)12-15-10-6-9(13)4-5-11(10)16(12)3/h4-8H,14H2,1-3H3. The van der Waals surface area contributed by atoms with Crippen LogP contribution in [0.2, 0.25) is 0 Å². The van der Waals surface area contributed by atoms with Crippen LogP contribution in [0.25, 0.3) is 11.0 Å². The normalized spacial score (nSPS) is 15.3. The number of halogens is 1. The first-order chi connectivity index (χ1) is 7.50. The van der Waals surface area contributed by atoms with Crippen LogP contribution in [0.15, 0.2) is 22.7 Å². The maximum absolute atomic E-state index is 5.93. The highest BCUT2D eigenvalue weighted by atomic mass is 79.9. The number of nitrogens with two attached hydrogens (primary N) is 1. The summed E-state index contributed by atoms with van der Waals surface area (Å²) in [6.07, 6.45) is 0. The average Bonchev–Trinajstić information content (AvgIpc) is 2.54. The zero-order valence-electron chi connectivity index (χ0n) is 9.74. The third kappa shape index (κ3) is 1.87. The molecule has 4 heteroatoms. The molecule has 86 valence electrons. The fraction of sp³-hybridized carbons (Fsp3) is 0.417. The van der Waals surface area contributed by atoms with Crippen molar-refractivity contribution in [3.05, 3.63) is 28.5 Å². The molecular weight excluding hydrogens is 266 g/mol. The van der Waals surface area contributed by atoms with E-state index in [0.717, 1.165) is 21.3 Å². The van der Waals surface area contributed by atoms with Crippen molar-refractivity contribution >= 4 is 27.0 Å². The van der Waals surface area contributed by atoms with E-state index in [-0.39, 0.29) is 12.0 Å². The summed E-state index contributed by atoms with van der Waals surface area (Å²) in [7, 11) is 2.04. The van der Waals surface area contributed by atoms with E-state index in [1.165, 1.54) is 0 Å². The number of fused-ring (bicyclic) bond motifs is 1. The maximum Gasteiger partial charge on any atom is 0.113 e. The van der Waals surface area contributed by atoms with Crippen molar-refractivity contribution in [3.63, 3.8) is 0 Å². The predicted octanol–water partition coefficient (Wildman–Crippen LogP) is 2.79.